The van der Waals surface area contributed by atoms with E-state index < -0.39 is 0 Å². The molecule has 1 aliphatic heterocycles. The number of aromatic nitrogens is 2. The van der Waals surface area contributed by atoms with E-state index in [0.717, 1.165) is 18.5 Å². The highest BCUT2D eigenvalue weighted by molar-refractivity contribution is 5.84. The zero-order valence-electron chi connectivity index (χ0n) is 10.3. The lowest BCUT2D eigenvalue weighted by atomic mass is 9.99. The van der Waals surface area contributed by atoms with Gasteiger partial charge in [0, 0.05) is 23.5 Å². The van der Waals surface area contributed by atoms with Crippen LogP contribution < -0.4 is 5.32 Å². The molecule has 1 fully saturated rings. The number of nitrogens with zero attached hydrogens (tertiary/aromatic N) is 1. The molecule has 3 heteroatoms. The molecule has 90 valence electrons. The molecule has 17 heavy (non-hydrogen) atoms. The predicted octanol–water partition coefficient (Wildman–Crippen LogP) is 2.56. The molecule has 1 unspecified atom stereocenters. The number of rotatable bonds is 2. The number of aromatic amines is 1. The number of aryl methyl sites for hydroxylation is 1. The summed E-state index contributed by atoms with van der Waals surface area (Å²) in [6.07, 6.45) is 5.02. The van der Waals surface area contributed by atoms with Crippen LogP contribution >= 0.6 is 0 Å². The third kappa shape index (κ3) is 2.07. The number of hydrogen-bond donors (Lipinski definition) is 2. The Bertz CT molecular complexity index is 509. The van der Waals surface area contributed by atoms with Gasteiger partial charge in [-0.25, -0.2) is 0 Å². The van der Waals surface area contributed by atoms with Crippen molar-refractivity contribution in [1.29, 1.82) is 0 Å². The Hall–Kier alpha value is -1.35. The van der Waals surface area contributed by atoms with Gasteiger partial charge in [0.25, 0.3) is 0 Å². The molecule has 1 aromatic heterocycles. The van der Waals surface area contributed by atoms with Crippen LogP contribution in [0.3, 0.4) is 0 Å². The number of nitrogens with one attached hydrogen (secondary N) is 2. The topological polar surface area (TPSA) is 40.7 Å². The van der Waals surface area contributed by atoms with Crippen LogP contribution in [0.2, 0.25) is 0 Å². The van der Waals surface area contributed by atoms with E-state index in [2.05, 4.69) is 40.6 Å². The lowest BCUT2D eigenvalue weighted by Crippen LogP contribution is -2.35. The van der Waals surface area contributed by atoms with E-state index in [-0.39, 0.29) is 0 Å². The van der Waals surface area contributed by atoms with Crippen molar-refractivity contribution in [2.75, 3.05) is 6.54 Å². The zero-order chi connectivity index (χ0) is 11.7. The number of benzene rings is 1. The zero-order valence-corrected chi connectivity index (χ0v) is 10.3. The van der Waals surface area contributed by atoms with Gasteiger partial charge in [0.2, 0.25) is 0 Å². The van der Waals surface area contributed by atoms with Gasteiger partial charge in [-0.1, -0.05) is 24.6 Å². The van der Waals surface area contributed by atoms with Gasteiger partial charge in [0.1, 0.15) is 0 Å². The third-order valence-electron chi connectivity index (χ3n) is 3.73. The first-order chi connectivity index (χ1) is 8.34. The fourth-order valence-electron chi connectivity index (χ4n) is 2.73. The summed E-state index contributed by atoms with van der Waals surface area (Å²) in [4.78, 5) is 0. The van der Waals surface area contributed by atoms with Crippen molar-refractivity contribution in [1.82, 2.24) is 15.5 Å². The van der Waals surface area contributed by atoms with E-state index in [1.165, 1.54) is 35.9 Å². The highest BCUT2D eigenvalue weighted by atomic mass is 15.1. The minimum Gasteiger partial charge on any atom is -0.314 e. The first-order valence-electron chi connectivity index (χ1n) is 6.50. The van der Waals surface area contributed by atoms with E-state index in [1.54, 1.807) is 0 Å². The average molecular weight is 229 g/mol. The van der Waals surface area contributed by atoms with Crippen molar-refractivity contribution >= 4 is 10.9 Å². The van der Waals surface area contributed by atoms with Crippen LogP contribution in [0, 0.1) is 6.92 Å². The van der Waals surface area contributed by atoms with Gasteiger partial charge in [0.05, 0.1) is 5.52 Å². The SMILES string of the molecule is Cc1cccc2c(CC3CCCCN3)[nH]nc12. The van der Waals surface area contributed by atoms with E-state index in [0.29, 0.717) is 6.04 Å². The summed E-state index contributed by atoms with van der Waals surface area (Å²) in [7, 11) is 0. The van der Waals surface area contributed by atoms with Gasteiger partial charge in [-0.05, 0) is 31.9 Å². The first-order valence-corrected chi connectivity index (χ1v) is 6.50. The maximum absolute atomic E-state index is 4.43. The average Bonchev–Trinajstić information content (AvgIpc) is 2.76. The Balaban J connectivity index is 1.87. The van der Waals surface area contributed by atoms with Gasteiger partial charge < -0.3 is 5.32 Å². The molecule has 1 saturated heterocycles. The molecule has 2 N–H and O–H groups in total. The monoisotopic (exact) mass is 229 g/mol. The van der Waals surface area contributed by atoms with E-state index in [9.17, 15) is 0 Å². The van der Waals surface area contributed by atoms with Gasteiger partial charge in [-0.3, -0.25) is 5.10 Å². The van der Waals surface area contributed by atoms with E-state index in [1.807, 2.05) is 0 Å². The summed E-state index contributed by atoms with van der Waals surface area (Å²) >= 11 is 0. The molecule has 1 aliphatic rings. The van der Waals surface area contributed by atoms with Crippen LogP contribution in [0.25, 0.3) is 10.9 Å². The lowest BCUT2D eigenvalue weighted by Gasteiger charge is -2.22. The lowest BCUT2D eigenvalue weighted by molar-refractivity contribution is 0.397. The molecule has 0 spiro atoms. The Kier molecular flexibility index (Phi) is 2.85. The standard InChI is InChI=1S/C14H19N3/c1-10-5-4-7-12-13(16-17-14(10)12)9-11-6-2-3-8-15-11/h4-5,7,11,15H,2-3,6,8-9H2,1H3,(H,16,17). The maximum Gasteiger partial charge on any atom is 0.0952 e. The van der Waals surface area contributed by atoms with Gasteiger partial charge >= 0.3 is 0 Å². The Morgan fingerprint density at radius 1 is 1.35 bits per heavy atom. The first kappa shape index (κ1) is 10.8. The molecular formula is C14H19N3. The summed E-state index contributed by atoms with van der Waals surface area (Å²) in [6, 6.07) is 7.02. The maximum atomic E-state index is 4.43. The predicted molar refractivity (Wildman–Crippen MR) is 70.2 cm³/mol. The van der Waals surface area contributed by atoms with Gasteiger partial charge in [0.15, 0.2) is 0 Å². The smallest absolute Gasteiger partial charge is 0.0952 e. The molecule has 0 aliphatic carbocycles. The summed E-state index contributed by atoms with van der Waals surface area (Å²) < 4.78 is 0. The van der Waals surface area contributed by atoms with Crippen LogP contribution in [0.4, 0.5) is 0 Å². The molecule has 0 amide bonds. The summed E-state index contributed by atoms with van der Waals surface area (Å²) in [5, 5.41) is 12.5. The Morgan fingerprint density at radius 3 is 3.12 bits per heavy atom. The molecular weight excluding hydrogens is 210 g/mol. The molecule has 1 aromatic carbocycles. The number of H-pyrrole nitrogens is 1. The molecule has 1 atom stereocenters. The van der Waals surface area contributed by atoms with Crippen molar-refractivity contribution in [3.05, 3.63) is 29.5 Å². The fourth-order valence-corrected chi connectivity index (χ4v) is 2.73. The van der Waals surface area contributed by atoms with E-state index >= 15 is 0 Å². The van der Waals surface area contributed by atoms with Crippen molar-refractivity contribution in [2.24, 2.45) is 0 Å². The van der Waals surface area contributed by atoms with Crippen LogP contribution in [0.15, 0.2) is 18.2 Å². The summed E-state index contributed by atoms with van der Waals surface area (Å²) in [5.41, 5.74) is 3.66. The molecule has 2 heterocycles. The normalized spacial score (nSPS) is 20.9. The van der Waals surface area contributed by atoms with Crippen LogP contribution in [-0.2, 0) is 6.42 Å². The highest BCUT2D eigenvalue weighted by Gasteiger charge is 2.16. The summed E-state index contributed by atoms with van der Waals surface area (Å²) in [6.45, 7) is 3.28. The molecule has 0 radical (unpaired) electrons. The number of para-hydroxylation sites is 1. The second-order valence-corrected chi connectivity index (χ2v) is 5.02. The minimum atomic E-state index is 0.618. The largest absolute Gasteiger partial charge is 0.314 e. The van der Waals surface area contributed by atoms with Crippen molar-refractivity contribution in [3.8, 4) is 0 Å². The second-order valence-electron chi connectivity index (χ2n) is 5.02. The Morgan fingerprint density at radius 2 is 2.29 bits per heavy atom. The molecule has 0 bridgehead atoms. The number of hydrogen-bond acceptors (Lipinski definition) is 2. The Labute approximate surface area is 102 Å². The van der Waals surface area contributed by atoms with Crippen molar-refractivity contribution in [3.63, 3.8) is 0 Å². The molecule has 0 saturated carbocycles. The summed E-state index contributed by atoms with van der Waals surface area (Å²) in [5.74, 6) is 0. The third-order valence-corrected chi connectivity index (χ3v) is 3.73. The molecule has 3 nitrogen and oxygen atoms in total. The number of fused-ring (bicyclic) bond motifs is 1. The van der Waals surface area contributed by atoms with Crippen LogP contribution in [0.1, 0.15) is 30.5 Å². The van der Waals surface area contributed by atoms with Crippen molar-refractivity contribution in [2.45, 2.75) is 38.6 Å². The van der Waals surface area contributed by atoms with Gasteiger partial charge in [-0.15, -0.1) is 0 Å². The molecule has 2 aromatic rings. The van der Waals surface area contributed by atoms with E-state index in [4.69, 9.17) is 0 Å². The van der Waals surface area contributed by atoms with Crippen molar-refractivity contribution < 1.29 is 0 Å². The van der Waals surface area contributed by atoms with Gasteiger partial charge in [-0.2, -0.15) is 5.10 Å². The fraction of sp³-hybridized carbons (Fsp3) is 0.500. The number of piperidine rings is 1. The van der Waals surface area contributed by atoms with Crippen LogP contribution in [-0.4, -0.2) is 22.8 Å². The quantitative estimate of drug-likeness (QED) is 0.831. The second kappa shape index (κ2) is 4.49. The molecule has 3 rings (SSSR count). The minimum absolute atomic E-state index is 0.618. The van der Waals surface area contributed by atoms with Crippen LogP contribution in [0.5, 0.6) is 0 Å². The highest BCUT2D eigenvalue weighted by Crippen LogP contribution is 2.21.